The van der Waals surface area contributed by atoms with Gasteiger partial charge in [0.2, 0.25) is 0 Å². The van der Waals surface area contributed by atoms with Crippen LogP contribution in [0.1, 0.15) is 42.0 Å². The Balaban J connectivity index is 1.84. The average molecular weight is 259 g/mol. The van der Waals surface area contributed by atoms with Crippen molar-refractivity contribution in [1.82, 2.24) is 0 Å². The molecule has 2 aliphatic rings. The molecule has 0 amide bonds. The number of aryl methyl sites for hydroxylation is 1. The topological polar surface area (TPSA) is 12.4 Å². The molecule has 0 saturated carbocycles. The molecule has 0 aromatic heterocycles. The highest BCUT2D eigenvalue weighted by molar-refractivity contribution is 6.43. The van der Waals surface area contributed by atoms with Crippen LogP contribution >= 0.6 is 0 Å². The molecular formula is C19H17N. The molecule has 2 aromatic rings. The Labute approximate surface area is 119 Å². The summed E-state index contributed by atoms with van der Waals surface area (Å²) >= 11 is 0. The zero-order chi connectivity index (χ0) is 13.5. The van der Waals surface area contributed by atoms with Crippen LogP contribution in [0.4, 0.5) is 5.69 Å². The second-order valence-electron chi connectivity index (χ2n) is 5.52. The number of allylic oxidation sites excluding steroid dienone is 1. The fourth-order valence-electron chi connectivity index (χ4n) is 3.18. The SMILES string of the molecule is CCCCc1cccc2c1C=C1C2=Nc2ccccc21. The van der Waals surface area contributed by atoms with Crippen LogP contribution in [-0.2, 0) is 6.42 Å². The molecule has 1 heteroatoms. The van der Waals surface area contributed by atoms with E-state index in [-0.39, 0.29) is 0 Å². The Kier molecular flexibility index (Phi) is 2.59. The first kappa shape index (κ1) is 11.7. The molecule has 0 radical (unpaired) electrons. The van der Waals surface area contributed by atoms with Crippen LogP contribution in [-0.4, -0.2) is 5.71 Å². The molecule has 0 N–H and O–H groups in total. The van der Waals surface area contributed by atoms with Crippen LogP contribution < -0.4 is 0 Å². The van der Waals surface area contributed by atoms with Gasteiger partial charge in [-0.1, -0.05) is 49.7 Å². The van der Waals surface area contributed by atoms with Crippen molar-refractivity contribution in [2.45, 2.75) is 26.2 Å². The molecule has 0 bridgehead atoms. The highest BCUT2D eigenvalue weighted by atomic mass is 14.8. The molecule has 0 saturated heterocycles. The van der Waals surface area contributed by atoms with Gasteiger partial charge in [-0.15, -0.1) is 0 Å². The molecule has 0 atom stereocenters. The molecule has 0 unspecified atom stereocenters. The van der Waals surface area contributed by atoms with Crippen LogP contribution in [0.2, 0.25) is 0 Å². The molecule has 2 aromatic carbocycles. The fourth-order valence-corrected chi connectivity index (χ4v) is 3.18. The quantitative estimate of drug-likeness (QED) is 0.734. The summed E-state index contributed by atoms with van der Waals surface area (Å²) in [5.41, 5.74) is 9.03. The van der Waals surface area contributed by atoms with Crippen molar-refractivity contribution in [2.24, 2.45) is 4.99 Å². The number of para-hydroxylation sites is 1. The fraction of sp³-hybridized carbons (Fsp3) is 0.211. The maximum Gasteiger partial charge on any atom is 0.0794 e. The maximum atomic E-state index is 4.82. The number of rotatable bonds is 3. The highest BCUT2D eigenvalue weighted by Crippen LogP contribution is 2.43. The predicted octanol–water partition coefficient (Wildman–Crippen LogP) is 5.02. The lowest BCUT2D eigenvalue weighted by Crippen LogP contribution is -1.97. The van der Waals surface area contributed by atoms with Crippen LogP contribution in [0.3, 0.4) is 0 Å². The van der Waals surface area contributed by atoms with Crippen molar-refractivity contribution in [1.29, 1.82) is 0 Å². The van der Waals surface area contributed by atoms with Gasteiger partial charge in [0.25, 0.3) is 0 Å². The van der Waals surface area contributed by atoms with Crippen LogP contribution in [0.15, 0.2) is 47.5 Å². The number of aliphatic imine (C=N–C) groups is 1. The molecule has 0 spiro atoms. The normalized spacial score (nSPS) is 14.4. The van der Waals surface area contributed by atoms with Gasteiger partial charge < -0.3 is 0 Å². The third-order valence-electron chi connectivity index (χ3n) is 4.22. The predicted molar refractivity (Wildman–Crippen MR) is 85.6 cm³/mol. The van der Waals surface area contributed by atoms with E-state index in [1.54, 1.807) is 0 Å². The Hall–Kier alpha value is -2.15. The Morgan fingerprint density at radius 3 is 2.70 bits per heavy atom. The van der Waals surface area contributed by atoms with E-state index >= 15 is 0 Å². The van der Waals surface area contributed by atoms with Gasteiger partial charge in [0.05, 0.1) is 11.4 Å². The number of benzene rings is 2. The Bertz CT molecular complexity index is 750. The zero-order valence-corrected chi connectivity index (χ0v) is 11.7. The first-order chi connectivity index (χ1) is 9.88. The van der Waals surface area contributed by atoms with Crippen molar-refractivity contribution in [3.8, 4) is 0 Å². The number of hydrogen-bond acceptors (Lipinski definition) is 1. The van der Waals surface area contributed by atoms with E-state index in [1.165, 1.54) is 52.8 Å². The molecule has 98 valence electrons. The van der Waals surface area contributed by atoms with Gasteiger partial charge in [0.15, 0.2) is 0 Å². The lowest BCUT2D eigenvalue weighted by Gasteiger charge is -2.06. The largest absolute Gasteiger partial charge is 0.247 e. The molecule has 1 aliphatic carbocycles. The second kappa shape index (κ2) is 4.45. The van der Waals surface area contributed by atoms with E-state index < -0.39 is 0 Å². The summed E-state index contributed by atoms with van der Waals surface area (Å²) in [4.78, 5) is 4.82. The van der Waals surface area contributed by atoms with Gasteiger partial charge in [0, 0.05) is 16.7 Å². The van der Waals surface area contributed by atoms with Crippen LogP contribution in [0.25, 0.3) is 11.6 Å². The average Bonchev–Trinajstić information content (AvgIpc) is 3.01. The maximum absolute atomic E-state index is 4.82. The van der Waals surface area contributed by atoms with Gasteiger partial charge in [-0.2, -0.15) is 0 Å². The van der Waals surface area contributed by atoms with Gasteiger partial charge in [-0.3, -0.25) is 0 Å². The molecule has 20 heavy (non-hydrogen) atoms. The van der Waals surface area contributed by atoms with E-state index in [2.05, 4.69) is 55.5 Å². The monoisotopic (exact) mass is 259 g/mol. The van der Waals surface area contributed by atoms with Crippen molar-refractivity contribution >= 4 is 23.0 Å². The molecule has 1 nitrogen and oxygen atoms in total. The van der Waals surface area contributed by atoms with E-state index in [0.29, 0.717) is 0 Å². The van der Waals surface area contributed by atoms with Crippen molar-refractivity contribution in [2.75, 3.05) is 0 Å². The number of unbranched alkanes of at least 4 members (excludes halogenated alkanes) is 1. The zero-order valence-electron chi connectivity index (χ0n) is 11.7. The number of nitrogens with zero attached hydrogens (tertiary/aromatic N) is 1. The first-order valence-corrected chi connectivity index (χ1v) is 7.41. The summed E-state index contributed by atoms with van der Waals surface area (Å²) in [6, 6.07) is 15.1. The Morgan fingerprint density at radius 1 is 0.950 bits per heavy atom. The first-order valence-electron chi connectivity index (χ1n) is 7.41. The van der Waals surface area contributed by atoms with E-state index in [9.17, 15) is 0 Å². The third kappa shape index (κ3) is 1.59. The lowest BCUT2D eigenvalue weighted by molar-refractivity contribution is 0.794. The minimum Gasteiger partial charge on any atom is -0.247 e. The van der Waals surface area contributed by atoms with E-state index in [4.69, 9.17) is 4.99 Å². The highest BCUT2D eigenvalue weighted by Gasteiger charge is 2.28. The van der Waals surface area contributed by atoms with Gasteiger partial charge in [0.1, 0.15) is 0 Å². The second-order valence-corrected chi connectivity index (χ2v) is 5.52. The smallest absolute Gasteiger partial charge is 0.0794 e. The third-order valence-corrected chi connectivity index (χ3v) is 4.22. The van der Waals surface area contributed by atoms with Crippen molar-refractivity contribution in [3.63, 3.8) is 0 Å². The lowest BCUT2D eigenvalue weighted by atomic mass is 9.98. The summed E-state index contributed by atoms with van der Waals surface area (Å²) in [6.07, 6.45) is 6.00. The minimum absolute atomic E-state index is 1.11. The van der Waals surface area contributed by atoms with E-state index in [1.807, 2.05) is 0 Å². The summed E-state index contributed by atoms with van der Waals surface area (Å²) in [5, 5.41) is 0. The Morgan fingerprint density at radius 2 is 1.80 bits per heavy atom. The standard InChI is InChI=1S/C19H17N/c1-2-3-7-13-8-6-10-15-16(13)12-17-14-9-4-5-11-18(14)20-19(15)17/h4-6,8-12H,2-3,7H2,1H3. The van der Waals surface area contributed by atoms with E-state index in [0.717, 1.165) is 5.69 Å². The summed E-state index contributed by atoms with van der Waals surface area (Å²) in [6.45, 7) is 2.25. The molecular weight excluding hydrogens is 242 g/mol. The summed E-state index contributed by atoms with van der Waals surface area (Å²) < 4.78 is 0. The van der Waals surface area contributed by atoms with Gasteiger partial charge >= 0.3 is 0 Å². The van der Waals surface area contributed by atoms with Crippen LogP contribution in [0, 0.1) is 0 Å². The summed E-state index contributed by atoms with van der Waals surface area (Å²) in [5.74, 6) is 0. The summed E-state index contributed by atoms with van der Waals surface area (Å²) in [7, 11) is 0. The van der Waals surface area contributed by atoms with Crippen molar-refractivity contribution in [3.05, 3.63) is 64.7 Å². The van der Waals surface area contributed by atoms with Gasteiger partial charge in [-0.05, 0) is 36.1 Å². The van der Waals surface area contributed by atoms with Gasteiger partial charge in [-0.25, -0.2) is 4.99 Å². The molecule has 1 heterocycles. The van der Waals surface area contributed by atoms with Crippen molar-refractivity contribution < 1.29 is 0 Å². The molecule has 0 fully saturated rings. The van der Waals surface area contributed by atoms with Crippen LogP contribution in [0.5, 0.6) is 0 Å². The number of hydrogen-bond donors (Lipinski definition) is 0. The minimum atomic E-state index is 1.11. The molecule has 4 rings (SSSR count). The number of fused-ring (bicyclic) bond motifs is 5. The molecule has 1 aliphatic heterocycles.